The molecule has 2 saturated heterocycles. The van der Waals surface area contributed by atoms with E-state index in [9.17, 15) is 8.78 Å². The SMILES string of the molecule is CC1(C)OCN2C(CCCC(c3ccc(F)cc3)c3ccc(F)cc3)CNCC21. The summed E-state index contributed by atoms with van der Waals surface area (Å²) < 4.78 is 32.8. The Morgan fingerprint density at radius 3 is 2.17 bits per heavy atom. The van der Waals surface area contributed by atoms with Crippen molar-refractivity contribution >= 4 is 0 Å². The summed E-state index contributed by atoms with van der Waals surface area (Å²) in [5, 5.41) is 3.57. The van der Waals surface area contributed by atoms with Gasteiger partial charge in [-0.25, -0.2) is 8.78 Å². The summed E-state index contributed by atoms with van der Waals surface area (Å²) in [5.74, 6) is -0.333. The smallest absolute Gasteiger partial charge is 0.123 e. The van der Waals surface area contributed by atoms with Gasteiger partial charge in [0.25, 0.3) is 0 Å². The number of nitrogens with one attached hydrogen (secondary N) is 1. The maximum absolute atomic E-state index is 13.4. The van der Waals surface area contributed by atoms with Crippen LogP contribution in [0.3, 0.4) is 0 Å². The molecule has 0 radical (unpaired) electrons. The third-order valence-electron chi connectivity index (χ3n) is 6.55. The second-order valence-corrected chi connectivity index (χ2v) is 8.81. The summed E-state index contributed by atoms with van der Waals surface area (Å²) in [4.78, 5) is 2.50. The third-order valence-corrected chi connectivity index (χ3v) is 6.55. The second kappa shape index (κ2) is 8.50. The van der Waals surface area contributed by atoms with Crippen LogP contribution in [-0.2, 0) is 4.74 Å². The van der Waals surface area contributed by atoms with Gasteiger partial charge in [-0.3, -0.25) is 4.90 Å². The molecule has 2 unspecified atom stereocenters. The average molecular weight is 401 g/mol. The Bertz CT molecular complexity index is 761. The molecule has 2 aromatic carbocycles. The van der Waals surface area contributed by atoms with Crippen molar-refractivity contribution in [1.29, 1.82) is 0 Å². The predicted octanol–water partition coefficient (Wildman–Crippen LogP) is 4.68. The van der Waals surface area contributed by atoms with Gasteiger partial charge in [0.15, 0.2) is 0 Å². The zero-order valence-electron chi connectivity index (χ0n) is 17.2. The van der Waals surface area contributed by atoms with Crippen molar-refractivity contribution in [2.24, 2.45) is 0 Å². The van der Waals surface area contributed by atoms with E-state index in [4.69, 9.17) is 4.74 Å². The molecule has 0 amide bonds. The molecule has 0 spiro atoms. The number of halogens is 2. The highest BCUT2D eigenvalue weighted by Gasteiger charge is 2.45. The highest BCUT2D eigenvalue weighted by molar-refractivity contribution is 5.32. The second-order valence-electron chi connectivity index (χ2n) is 8.81. The molecular weight excluding hydrogens is 370 g/mol. The molecule has 4 rings (SSSR count). The zero-order valence-corrected chi connectivity index (χ0v) is 17.2. The minimum atomic E-state index is -0.234. The maximum Gasteiger partial charge on any atom is 0.123 e. The van der Waals surface area contributed by atoms with Gasteiger partial charge in [-0.15, -0.1) is 0 Å². The van der Waals surface area contributed by atoms with Gasteiger partial charge in [-0.2, -0.15) is 0 Å². The molecule has 2 aliphatic heterocycles. The summed E-state index contributed by atoms with van der Waals surface area (Å²) in [6, 6.07) is 14.3. The summed E-state index contributed by atoms with van der Waals surface area (Å²) in [5.41, 5.74) is 2.03. The van der Waals surface area contributed by atoms with Crippen molar-refractivity contribution < 1.29 is 13.5 Å². The van der Waals surface area contributed by atoms with E-state index in [2.05, 4.69) is 24.1 Å². The largest absolute Gasteiger partial charge is 0.358 e. The van der Waals surface area contributed by atoms with Crippen LogP contribution in [0.1, 0.15) is 50.2 Å². The van der Waals surface area contributed by atoms with Gasteiger partial charge in [-0.05, 0) is 62.1 Å². The first kappa shape index (κ1) is 20.5. The van der Waals surface area contributed by atoms with Crippen molar-refractivity contribution in [3.05, 3.63) is 71.3 Å². The van der Waals surface area contributed by atoms with E-state index < -0.39 is 0 Å². The third kappa shape index (κ3) is 4.52. The Balaban J connectivity index is 1.44. The van der Waals surface area contributed by atoms with Crippen LogP contribution in [0, 0.1) is 11.6 Å². The van der Waals surface area contributed by atoms with Gasteiger partial charge in [0.05, 0.1) is 11.6 Å². The average Bonchev–Trinajstić information content (AvgIpc) is 3.03. The van der Waals surface area contributed by atoms with Gasteiger partial charge in [-0.1, -0.05) is 30.7 Å². The van der Waals surface area contributed by atoms with E-state index in [0.29, 0.717) is 18.8 Å². The summed E-state index contributed by atoms with van der Waals surface area (Å²) in [7, 11) is 0. The van der Waals surface area contributed by atoms with Gasteiger partial charge >= 0.3 is 0 Å². The number of nitrogens with zero attached hydrogens (tertiary/aromatic N) is 1. The summed E-state index contributed by atoms with van der Waals surface area (Å²) in [6.45, 7) is 6.98. The van der Waals surface area contributed by atoms with E-state index in [-0.39, 0.29) is 23.2 Å². The fourth-order valence-corrected chi connectivity index (χ4v) is 4.79. The number of fused-ring (bicyclic) bond motifs is 1. The lowest BCUT2D eigenvalue weighted by molar-refractivity contribution is 0.0243. The van der Waals surface area contributed by atoms with Crippen LogP contribution in [0.5, 0.6) is 0 Å². The van der Waals surface area contributed by atoms with Crippen LogP contribution in [0.2, 0.25) is 0 Å². The van der Waals surface area contributed by atoms with Crippen LogP contribution < -0.4 is 5.32 Å². The molecule has 2 aromatic rings. The number of hydrogen-bond donors (Lipinski definition) is 1. The Morgan fingerprint density at radius 1 is 1.00 bits per heavy atom. The molecule has 0 saturated carbocycles. The van der Waals surface area contributed by atoms with Gasteiger partial charge in [0.1, 0.15) is 18.4 Å². The number of benzene rings is 2. The number of rotatable bonds is 6. The highest BCUT2D eigenvalue weighted by atomic mass is 19.1. The maximum atomic E-state index is 13.4. The van der Waals surface area contributed by atoms with Crippen molar-refractivity contribution in [2.45, 2.75) is 56.7 Å². The topological polar surface area (TPSA) is 24.5 Å². The van der Waals surface area contributed by atoms with E-state index in [1.807, 2.05) is 24.3 Å². The van der Waals surface area contributed by atoms with E-state index >= 15 is 0 Å². The number of ether oxygens (including phenoxy) is 1. The quantitative estimate of drug-likeness (QED) is 0.762. The first-order valence-electron chi connectivity index (χ1n) is 10.6. The molecule has 156 valence electrons. The van der Waals surface area contributed by atoms with E-state index in [1.165, 1.54) is 24.3 Å². The molecule has 0 aliphatic carbocycles. The first-order valence-corrected chi connectivity index (χ1v) is 10.6. The predicted molar refractivity (Wildman–Crippen MR) is 111 cm³/mol. The lowest BCUT2D eigenvalue weighted by atomic mass is 9.86. The standard InChI is InChI=1S/C24H30F2N2O/c1-24(2)23-15-27-14-21(28(23)16-29-24)4-3-5-22(17-6-10-19(25)11-7-17)18-8-12-20(26)13-9-18/h6-13,21-23,27H,3-5,14-16H2,1-2H3. The molecule has 0 aromatic heterocycles. The fraction of sp³-hybridized carbons (Fsp3) is 0.500. The van der Waals surface area contributed by atoms with Crippen molar-refractivity contribution in [1.82, 2.24) is 10.2 Å². The minimum absolute atomic E-state index is 0.115. The van der Waals surface area contributed by atoms with Crippen molar-refractivity contribution in [2.75, 3.05) is 19.8 Å². The lowest BCUT2D eigenvalue weighted by Crippen LogP contribution is -2.59. The molecule has 0 bridgehead atoms. The van der Waals surface area contributed by atoms with Crippen LogP contribution in [0.25, 0.3) is 0 Å². The molecule has 2 aliphatic rings. The molecule has 2 fully saturated rings. The van der Waals surface area contributed by atoms with Crippen LogP contribution in [0.4, 0.5) is 8.78 Å². The molecule has 2 heterocycles. The van der Waals surface area contributed by atoms with Gasteiger partial charge in [0.2, 0.25) is 0 Å². The highest BCUT2D eigenvalue weighted by Crippen LogP contribution is 2.34. The molecule has 3 nitrogen and oxygen atoms in total. The molecule has 5 heteroatoms. The molecule has 29 heavy (non-hydrogen) atoms. The Morgan fingerprint density at radius 2 is 1.59 bits per heavy atom. The Kier molecular flexibility index (Phi) is 6.00. The van der Waals surface area contributed by atoms with Gasteiger partial charge < -0.3 is 10.1 Å². The normalized spacial score (nSPS) is 24.0. The lowest BCUT2D eigenvalue weighted by Gasteiger charge is -2.40. The first-order chi connectivity index (χ1) is 13.9. The van der Waals surface area contributed by atoms with Crippen molar-refractivity contribution in [3.8, 4) is 0 Å². The summed E-state index contributed by atoms with van der Waals surface area (Å²) in [6.07, 6.45) is 3.05. The zero-order chi connectivity index (χ0) is 20.4. The van der Waals surface area contributed by atoms with Gasteiger partial charge in [0, 0.05) is 25.0 Å². The molecular formula is C24H30F2N2O. The number of hydrogen-bond acceptors (Lipinski definition) is 3. The summed E-state index contributed by atoms with van der Waals surface area (Å²) >= 11 is 0. The minimum Gasteiger partial charge on any atom is -0.358 e. The fourth-order valence-electron chi connectivity index (χ4n) is 4.79. The monoisotopic (exact) mass is 400 g/mol. The van der Waals surface area contributed by atoms with Crippen LogP contribution in [0.15, 0.2) is 48.5 Å². The molecule has 1 N–H and O–H groups in total. The molecule has 2 atom stereocenters. The van der Waals surface area contributed by atoms with Crippen molar-refractivity contribution in [3.63, 3.8) is 0 Å². The number of piperazine rings is 1. The Labute approximate surface area is 172 Å². The van der Waals surface area contributed by atoms with E-state index in [1.54, 1.807) is 0 Å². The van der Waals surface area contributed by atoms with E-state index in [0.717, 1.165) is 43.5 Å². The Hall–Kier alpha value is -1.82. The van der Waals surface area contributed by atoms with Crippen LogP contribution >= 0.6 is 0 Å². The van der Waals surface area contributed by atoms with Crippen LogP contribution in [-0.4, -0.2) is 42.4 Å².